The van der Waals surface area contributed by atoms with Gasteiger partial charge in [0.25, 0.3) is 11.8 Å². The van der Waals surface area contributed by atoms with Crippen molar-refractivity contribution in [2.75, 3.05) is 42.9 Å². The molecule has 2 unspecified atom stereocenters. The second-order valence-corrected chi connectivity index (χ2v) is 17.8. The molecule has 0 aliphatic carbocycles. The number of anilines is 2. The van der Waals surface area contributed by atoms with Gasteiger partial charge in [-0.3, -0.25) is 14.4 Å². The highest BCUT2D eigenvalue weighted by Gasteiger charge is 2.34. The normalized spacial score (nSPS) is 13.9. The Balaban J connectivity index is 2.57. The maximum atomic E-state index is 14.4. The second kappa shape index (κ2) is 18.1. The van der Waals surface area contributed by atoms with E-state index < -0.39 is 11.3 Å². The van der Waals surface area contributed by atoms with Crippen LogP contribution in [0.2, 0.25) is 0 Å². The van der Waals surface area contributed by atoms with Crippen molar-refractivity contribution in [1.82, 2.24) is 4.90 Å². The van der Waals surface area contributed by atoms with E-state index in [9.17, 15) is 14.4 Å². The predicted molar refractivity (Wildman–Crippen MR) is 220 cm³/mol. The molecule has 278 valence electrons. The number of amides is 2. The van der Waals surface area contributed by atoms with Crippen molar-refractivity contribution in [1.29, 1.82) is 0 Å². The van der Waals surface area contributed by atoms with Crippen molar-refractivity contribution in [2.45, 2.75) is 103 Å². The minimum Gasteiger partial charge on any atom is -0.371 e. The number of hydrogen-bond donors (Lipinski definition) is 2. The SMILES string of the molecule is CCC(CN(CC(CC)C(C)(C)C)C(=O)c1ccc(I)c(NC(=O)C(=Nc2ccc(N(CC)CCN)cc2C)C(=O)C(C)(C)C)c1)C(C)(C)C. The van der Waals surface area contributed by atoms with Gasteiger partial charge >= 0.3 is 0 Å². The summed E-state index contributed by atoms with van der Waals surface area (Å²) in [6, 6.07) is 11.2. The Morgan fingerprint density at radius 3 is 1.86 bits per heavy atom. The number of nitrogens with two attached hydrogens (primary N) is 1. The molecule has 0 saturated carbocycles. The summed E-state index contributed by atoms with van der Waals surface area (Å²) in [6.45, 7) is 30.5. The molecule has 0 spiro atoms. The number of hydrogen-bond acceptors (Lipinski definition) is 6. The molecule has 3 N–H and O–H groups in total. The molecule has 0 heterocycles. The van der Waals surface area contributed by atoms with Crippen LogP contribution < -0.4 is 16.0 Å². The fourth-order valence-electron chi connectivity index (χ4n) is 6.19. The van der Waals surface area contributed by atoms with Gasteiger partial charge in [0, 0.05) is 53.0 Å². The molecule has 2 aromatic carbocycles. The summed E-state index contributed by atoms with van der Waals surface area (Å²) >= 11 is 2.15. The number of halogens is 1. The number of rotatable bonds is 15. The Hall–Kier alpha value is -2.79. The number of nitrogens with zero attached hydrogens (tertiary/aromatic N) is 3. The lowest BCUT2D eigenvalue weighted by Crippen LogP contribution is -2.44. The summed E-state index contributed by atoms with van der Waals surface area (Å²) in [7, 11) is 0. The molecule has 2 aromatic rings. The van der Waals surface area contributed by atoms with E-state index in [-0.39, 0.29) is 28.2 Å². The Kier molecular flexibility index (Phi) is 15.7. The molecule has 0 aliphatic rings. The third kappa shape index (κ3) is 11.9. The second-order valence-electron chi connectivity index (χ2n) is 16.7. The van der Waals surface area contributed by atoms with Crippen LogP contribution in [0.15, 0.2) is 41.4 Å². The van der Waals surface area contributed by atoms with Gasteiger partial charge in [0.1, 0.15) is 0 Å². The van der Waals surface area contributed by atoms with Crippen LogP contribution in [0, 0.1) is 38.6 Å². The van der Waals surface area contributed by atoms with Crippen LogP contribution >= 0.6 is 22.6 Å². The van der Waals surface area contributed by atoms with Gasteiger partial charge < -0.3 is 20.9 Å². The molecule has 50 heavy (non-hydrogen) atoms. The molecule has 0 aromatic heterocycles. The molecular weight excluding hydrogens is 737 g/mol. The van der Waals surface area contributed by atoms with E-state index in [0.717, 1.165) is 40.8 Å². The highest BCUT2D eigenvalue weighted by Crippen LogP contribution is 2.34. The monoisotopic (exact) mass is 801 g/mol. The van der Waals surface area contributed by atoms with Gasteiger partial charge in [-0.05, 0) is 101 Å². The summed E-state index contributed by atoms with van der Waals surface area (Å²) in [6.07, 6.45) is 1.93. The lowest BCUT2D eigenvalue weighted by molar-refractivity contribution is -0.121. The molecule has 0 radical (unpaired) electrons. The minimum absolute atomic E-state index is 0.0375. The van der Waals surface area contributed by atoms with Gasteiger partial charge in [-0.25, -0.2) is 4.99 Å². The minimum atomic E-state index is -0.846. The number of benzene rings is 2. The van der Waals surface area contributed by atoms with Crippen molar-refractivity contribution in [3.05, 3.63) is 51.1 Å². The van der Waals surface area contributed by atoms with Crippen molar-refractivity contribution < 1.29 is 14.4 Å². The number of carbonyl (C=O) groups excluding carboxylic acids is 3. The third-order valence-electron chi connectivity index (χ3n) is 9.74. The van der Waals surface area contributed by atoms with Gasteiger partial charge in [0.15, 0.2) is 11.5 Å². The lowest BCUT2D eigenvalue weighted by Gasteiger charge is -2.39. The first-order chi connectivity index (χ1) is 23.1. The number of carbonyl (C=O) groups is 3. The van der Waals surface area contributed by atoms with E-state index in [1.807, 2.05) is 42.2 Å². The highest BCUT2D eigenvalue weighted by molar-refractivity contribution is 14.1. The smallest absolute Gasteiger partial charge is 0.278 e. The summed E-state index contributed by atoms with van der Waals surface area (Å²) < 4.78 is 0.754. The van der Waals surface area contributed by atoms with Crippen molar-refractivity contribution in [3.8, 4) is 0 Å². The molecule has 2 amide bonds. The zero-order chi connectivity index (χ0) is 38.2. The first kappa shape index (κ1) is 43.4. The maximum absolute atomic E-state index is 14.4. The topological polar surface area (TPSA) is 108 Å². The first-order valence-corrected chi connectivity index (χ1v) is 19.3. The van der Waals surface area contributed by atoms with Crippen LogP contribution in [0.3, 0.4) is 0 Å². The maximum Gasteiger partial charge on any atom is 0.278 e. The number of nitrogens with one attached hydrogen (secondary N) is 1. The number of aryl methyl sites for hydroxylation is 1. The van der Waals surface area contributed by atoms with Gasteiger partial charge in [-0.2, -0.15) is 0 Å². The van der Waals surface area contributed by atoms with Gasteiger partial charge in [0.05, 0.1) is 11.4 Å². The molecule has 8 nitrogen and oxygen atoms in total. The summed E-state index contributed by atoms with van der Waals surface area (Å²) in [5.41, 5.74) is 8.22. The zero-order valence-corrected chi connectivity index (χ0v) is 35.2. The average molecular weight is 802 g/mol. The van der Waals surface area contributed by atoms with Crippen LogP contribution in [0.4, 0.5) is 17.1 Å². The number of Topliss-reactive ketones (excluding diaryl/α,β-unsaturated/α-hetero) is 1. The fourth-order valence-corrected chi connectivity index (χ4v) is 6.66. The molecule has 2 rings (SSSR count). The van der Waals surface area contributed by atoms with Crippen LogP contribution in [0.1, 0.15) is 112 Å². The van der Waals surface area contributed by atoms with Crippen molar-refractivity contribution in [2.24, 2.45) is 38.8 Å². The summed E-state index contributed by atoms with van der Waals surface area (Å²) in [5, 5.41) is 2.95. The van der Waals surface area contributed by atoms with Crippen molar-refractivity contribution in [3.63, 3.8) is 0 Å². The van der Waals surface area contributed by atoms with E-state index in [1.54, 1.807) is 26.8 Å². The standard InChI is InChI=1S/C41H64IN5O3/c1-14-29(39(5,6)7)25-47(26-30(15-2)40(8,9)10)38(50)28-17-19-32(42)34(24-28)45-37(49)35(36(48)41(11,12)13)44-33-20-18-31(23-27(33)4)46(16-3)22-21-43/h17-20,23-24,29-30H,14-16,21-22,25-26,43H2,1-13H3,(H,45,49). The Bertz CT molecular complexity index is 1490. The third-order valence-corrected chi connectivity index (χ3v) is 10.7. The first-order valence-electron chi connectivity index (χ1n) is 18.2. The van der Waals surface area contributed by atoms with Crippen molar-refractivity contribution >= 4 is 63.0 Å². The summed E-state index contributed by atoms with van der Waals surface area (Å²) in [5.74, 6) is -0.405. The average Bonchev–Trinajstić information content (AvgIpc) is 3.01. The predicted octanol–water partition coefficient (Wildman–Crippen LogP) is 9.30. The van der Waals surface area contributed by atoms with E-state index in [0.29, 0.717) is 48.4 Å². The van der Waals surface area contributed by atoms with E-state index in [1.165, 1.54) is 0 Å². The molecule has 9 heteroatoms. The molecular formula is C41H64IN5O3. The lowest BCUT2D eigenvalue weighted by atomic mass is 9.77. The Morgan fingerprint density at radius 2 is 1.42 bits per heavy atom. The zero-order valence-electron chi connectivity index (χ0n) is 33.1. The van der Waals surface area contributed by atoms with Crippen LogP contribution in [0.25, 0.3) is 0 Å². The number of ketones is 1. The number of likely N-dealkylation sites (N-methyl/N-ethyl adjacent to an activating group) is 1. The van der Waals surface area contributed by atoms with Gasteiger partial charge in [-0.15, -0.1) is 0 Å². The van der Waals surface area contributed by atoms with Crippen LogP contribution in [-0.2, 0) is 9.59 Å². The van der Waals surface area contributed by atoms with Gasteiger partial charge in [-0.1, -0.05) is 89.0 Å². The van der Waals surface area contributed by atoms with Crippen LogP contribution in [-0.4, -0.2) is 60.9 Å². The number of aliphatic imine (C=N–C) groups is 1. The van der Waals surface area contributed by atoms with E-state index >= 15 is 0 Å². The Morgan fingerprint density at radius 1 is 0.860 bits per heavy atom. The molecule has 0 bridgehead atoms. The molecule has 0 saturated heterocycles. The molecule has 2 atom stereocenters. The highest BCUT2D eigenvalue weighted by atomic mass is 127. The molecule has 0 aliphatic heterocycles. The fraction of sp³-hybridized carbons (Fsp3) is 0.610. The van der Waals surface area contributed by atoms with E-state index in [4.69, 9.17) is 5.73 Å². The molecule has 0 fully saturated rings. The Labute approximate surface area is 316 Å². The van der Waals surface area contributed by atoms with E-state index in [2.05, 4.69) is 100 Å². The van der Waals surface area contributed by atoms with Crippen LogP contribution in [0.5, 0.6) is 0 Å². The largest absolute Gasteiger partial charge is 0.371 e. The quantitative estimate of drug-likeness (QED) is 0.106. The van der Waals surface area contributed by atoms with Gasteiger partial charge in [0.2, 0.25) is 0 Å². The summed E-state index contributed by atoms with van der Waals surface area (Å²) in [4.78, 5) is 50.9.